The van der Waals surface area contributed by atoms with Crippen LogP contribution >= 0.6 is 0 Å². The SMILES string of the molecule is CC(C)Oc1ccc(C(=[NH2+])c2cc(C(=O)NC3CCCN(Cc4ccccc4F)C3)ccc2N)cn1. The number of carbonyl (C=O) groups excluding carboxylic acids is 1. The first-order chi connectivity index (χ1) is 17.3. The molecule has 3 aromatic rings. The molecule has 1 unspecified atom stereocenters. The molecule has 0 aliphatic carbocycles. The lowest BCUT2D eigenvalue weighted by Crippen LogP contribution is -2.47. The van der Waals surface area contributed by atoms with Crippen LogP contribution in [0.15, 0.2) is 60.8 Å². The summed E-state index contributed by atoms with van der Waals surface area (Å²) in [4.78, 5) is 19.6. The number of nitrogens with one attached hydrogen (secondary N) is 1. The molecule has 2 heterocycles. The van der Waals surface area contributed by atoms with Crippen LogP contribution < -0.4 is 21.2 Å². The van der Waals surface area contributed by atoms with E-state index in [0.29, 0.717) is 52.6 Å². The summed E-state index contributed by atoms with van der Waals surface area (Å²) < 4.78 is 19.7. The lowest BCUT2D eigenvalue weighted by atomic mass is 9.99. The van der Waals surface area contributed by atoms with Crippen LogP contribution in [0.3, 0.4) is 0 Å². The molecule has 1 aliphatic heterocycles. The second-order valence-electron chi connectivity index (χ2n) is 9.41. The number of rotatable bonds is 8. The molecule has 188 valence electrons. The summed E-state index contributed by atoms with van der Waals surface area (Å²) in [7, 11) is 0. The van der Waals surface area contributed by atoms with Crippen molar-refractivity contribution in [3.05, 3.63) is 88.9 Å². The summed E-state index contributed by atoms with van der Waals surface area (Å²) in [6, 6.07) is 15.4. The number of carbonyl (C=O) groups is 1. The van der Waals surface area contributed by atoms with E-state index >= 15 is 0 Å². The summed E-state index contributed by atoms with van der Waals surface area (Å²) in [6.45, 7) is 5.91. The number of pyridine rings is 1. The first kappa shape index (κ1) is 25.3. The van der Waals surface area contributed by atoms with Crippen LogP contribution in [0, 0.1) is 5.82 Å². The van der Waals surface area contributed by atoms with E-state index in [4.69, 9.17) is 15.9 Å². The number of nitrogens with zero attached hydrogens (tertiary/aromatic N) is 2. The first-order valence-electron chi connectivity index (χ1n) is 12.2. The van der Waals surface area contributed by atoms with Crippen LogP contribution in [0.2, 0.25) is 0 Å². The van der Waals surface area contributed by atoms with Gasteiger partial charge in [0.25, 0.3) is 5.91 Å². The summed E-state index contributed by atoms with van der Waals surface area (Å²) >= 11 is 0. The van der Waals surface area contributed by atoms with Gasteiger partial charge in [-0.1, -0.05) is 18.2 Å². The van der Waals surface area contributed by atoms with Gasteiger partial charge < -0.3 is 15.8 Å². The molecular weight excluding hydrogens is 457 g/mol. The molecule has 4 rings (SSSR count). The third-order valence-electron chi connectivity index (χ3n) is 6.20. The average Bonchev–Trinajstić information content (AvgIpc) is 2.85. The zero-order valence-electron chi connectivity index (χ0n) is 20.7. The molecule has 0 radical (unpaired) electrons. The molecule has 7 nitrogen and oxygen atoms in total. The van der Waals surface area contributed by atoms with Gasteiger partial charge in [0, 0.05) is 48.2 Å². The normalized spacial score (nSPS) is 16.1. The van der Waals surface area contributed by atoms with Gasteiger partial charge in [0.15, 0.2) is 0 Å². The van der Waals surface area contributed by atoms with Gasteiger partial charge in [0.2, 0.25) is 11.6 Å². The largest absolute Gasteiger partial charge is 0.475 e. The van der Waals surface area contributed by atoms with E-state index in [1.54, 1.807) is 42.6 Å². The molecule has 1 fully saturated rings. The first-order valence-corrected chi connectivity index (χ1v) is 12.2. The van der Waals surface area contributed by atoms with Crippen molar-refractivity contribution in [1.82, 2.24) is 15.2 Å². The predicted molar refractivity (Wildman–Crippen MR) is 138 cm³/mol. The number of nitrogen functional groups attached to an aromatic ring is 1. The summed E-state index contributed by atoms with van der Waals surface area (Å²) in [6.07, 6.45) is 3.44. The molecule has 1 amide bonds. The Morgan fingerprint density at radius 1 is 1.22 bits per heavy atom. The van der Waals surface area contributed by atoms with Crippen molar-refractivity contribution in [2.75, 3.05) is 18.8 Å². The van der Waals surface area contributed by atoms with Gasteiger partial charge in [-0.25, -0.2) is 9.37 Å². The second kappa shape index (κ2) is 11.3. The minimum atomic E-state index is -0.204. The molecule has 8 heteroatoms. The van der Waals surface area contributed by atoms with Gasteiger partial charge in [-0.15, -0.1) is 0 Å². The number of nitrogens with two attached hydrogens (primary N) is 2. The molecular formula is C28H33FN5O2+. The summed E-state index contributed by atoms with van der Waals surface area (Å²) in [5.74, 6) is 0.115. The lowest BCUT2D eigenvalue weighted by molar-refractivity contribution is -0.111. The Balaban J connectivity index is 1.42. The van der Waals surface area contributed by atoms with E-state index in [-0.39, 0.29) is 23.9 Å². The third kappa shape index (κ3) is 6.26. The predicted octanol–water partition coefficient (Wildman–Crippen LogP) is 2.58. The average molecular weight is 491 g/mol. The highest BCUT2D eigenvalue weighted by Gasteiger charge is 2.24. The number of hydrogen-bond donors (Lipinski definition) is 3. The molecule has 1 atom stereocenters. The number of halogens is 1. The highest BCUT2D eigenvalue weighted by molar-refractivity contribution is 6.13. The van der Waals surface area contributed by atoms with Crippen LogP contribution in [-0.2, 0) is 6.54 Å². The van der Waals surface area contributed by atoms with Crippen molar-refractivity contribution >= 4 is 17.3 Å². The fourth-order valence-corrected chi connectivity index (χ4v) is 4.39. The monoisotopic (exact) mass is 490 g/mol. The maximum Gasteiger partial charge on any atom is 0.251 e. The Labute approximate surface area is 211 Å². The molecule has 0 spiro atoms. The number of aromatic nitrogens is 1. The summed E-state index contributed by atoms with van der Waals surface area (Å²) in [5, 5.41) is 9.53. The Bertz CT molecular complexity index is 1230. The maximum absolute atomic E-state index is 14.1. The van der Waals surface area contributed by atoms with E-state index in [1.807, 2.05) is 26.0 Å². The van der Waals surface area contributed by atoms with E-state index in [9.17, 15) is 9.18 Å². The highest BCUT2D eigenvalue weighted by atomic mass is 19.1. The minimum Gasteiger partial charge on any atom is -0.475 e. The van der Waals surface area contributed by atoms with Gasteiger partial charge >= 0.3 is 0 Å². The Kier molecular flexibility index (Phi) is 7.95. The fourth-order valence-electron chi connectivity index (χ4n) is 4.39. The maximum atomic E-state index is 14.1. The standard InChI is InChI=1S/C28H32FN5O2/c1-18(2)36-26-12-10-20(15-32-26)27(31)23-14-19(9-11-25(23)30)28(35)33-22-7-5-13-34(17-22)16-21-6-3-4-8-24(21)29/h3-4,6,8-12,14-15,18,22,31H,5,7,13,16-17,30H2,1-2H3,(H,33,35)/p+1. The minimum absolute atomic E-state index is 0.0197. The van der Waals surface area contributed by atoms with E-state index in [2.05, 4.69) is 15.2 Å². The molecule has 5 N–H and O–H groups in total. The second-order valence-corrected chi connectivity index (χ2v) is 9.41. The number of anilines is 1. The van der Waals surface area contributed by atoms with Crippen molar-refractivity contribution in [3.63, 3.8) is 0 Å². The van der Waals surface area contributed by atoms with E-state index in [0.717, 1.165) is 19.4 Å². The van der Waals surface area contributed by atoms with Gasteiger partial charge in [0.1, 0.15) is 5.82 Å². The topological polar surface area (TPSA) is 106 Å². The van der Waals surface area contributed by atoms with Gasteiger partial charge in [0.05, 0.1) is 17.2 Å². The van der Waals surface area contributed by atoms with Crippen LogP contribution in [0.25, 0.3) is 0 Å². The molecule has 36 heavy (non-hydrogen) atoms. The Hall–Kier alpha value is -3.78. The van der Waals surface area contributed by atoms with E-state index in [1.165, 1.54) is 6.07 Å². The highest BCUT2D eigenvalue weighted by Crippen LogP contribution is 2.20. The zero-order chi connectivity index (χ0) is 25.7. The molecule has 2 aromatic carbocycles. The van der Waals surface area contributed by atoms with Crippen molar-refractivity contribution in [2.24, 2.45) is 0 Å². The van der Waals surface area contributed by atoms with Gasteiger partial charge in [-0.2, -0.15) is 0 Å². The van der Waals surface area contributed by atoms with E-state index < -0.39 is 0 Å². The van der Waals surface area contributed by atoms with Crippen molar-refractivity contribution in [1.29, 1.82) is 0 Å². The zero-order valence-corrected chi connectivity index (χ0v) is 20.7. The van der Waals surface area contributed by atoms with Crippen molar-refractivity contribution < 1.29 is 19.3 Å². The fraction of sp³-hybridized carbons (Fsp3) is 0.321. The van der Waals surface area contributed by atoms with Crippen molar-refractivity contribution in [2.45, 2.75) is 45.4 Å². The molecule has 1 aliphatic rings. The quantitative estimate of drug-likeness (QED) is 0.333. The lowest BCUT2D eigenvalue weighted by Gasteiger charge is -2.33. The van der Waals surface area contributed by atoms with Crippen molar-refractivity contribution in [3.8, 4) is 5.88 Å². The van der Waals surface area contributed by atoms with Crippen LogP contribution in [-0.4, -0.2) is 46.7 Å². The van der Waals surface area contributed by atoms with Crippen LogP contribution in [0.4, 0.5) is 10.1 Å². The van der Waals surface area contributed by atoms with Crippen LogP contribution in [0.5, 0.6) is 5.88 Å². The number of benzene rings is 2. The number of ether oxygens (including phenoxy) is 1. The number of likely N-dealkylation sites (tertiary alicyclic amines) is 1. The smallest absolute Gasteiger partial charge is 0.251 e. The third-order valence-corrected chi connectivity index (χ3v) is 6.20. The van der Waals surface area contributed by atoms with Crippen LogP contribution in [0.1, 0.15) is 53.7 Å². The Morgan fingerprint density at radius 2 is 2.00 bits per heavy atom. The number of piperidine rings is 1. The van der Waals surface area contributed by atoms with Gasteiger partial charge in [-0.3, -0.25) is 15.1 Å². The molecule has 0 saturated carbocycles. The number of hydrogen-bond acceptors (Lipinski definition) is 5. The Morgan fingerprint density at radius 3 is 2.72 bits per heavy atom. The molecule has 1 aromatic heterocycles. The number of amides is 1. The van der Waals surface area contributed by atoms with Gasteiger partial charge in [-0.05, 0) is 63.6 Å². The summed E-state index contributed by atoms with van der Waals surface area (Å²) in [5.41, 5.74) is 9.50. The molecule has 0 bridgehead atoms. The molecule has 1 saturated heterocycles.